The first-order chi connectivity index (χ1) is 7.34. The van der Waals surface area contributed by atoms with Crippen molar-refractivity contribution in [1.82, 2.24) is 4.98 Å². The summed E-state index contributed by atoms with van der Waals surface area (Å²) >= 11 is 0. The average molecular weight is 235 g/mol. The summed E-state index contributed by atoms with van der Waals surface area (Å²) < 4.78 is 0. The number of hydrogen-bond acceptors (Lipinski definition) is 2. The lowest BCUT2D eigenvalue weighted by Crippen LogP contribution is -2.05. The van der Waals surface area contributed by atoms with Crippen LogP contribution in [0.3, 0.4) is 0 Å². The zero-order chi connectivity index (χ0) is 10.3. The SMILES string of the molecule is Cl.Nc1cccc2cc3c(nc12)CCCC3. The van der Waals surface area contributed by atoms with Gasteiger partial charge in [-0.3, -0.25) is 4.98 Å². The molecule has 0 spiro atoms. The van der Waals surface area contributed by atoms with E-state index in [0.29, 0.717) is 0 Å². The highest BCUT2D eigenvalue weighted by Crippen LogP contribution is 2.26. The number of halogens is 1. The molecule has 1 aliphatic rings. The van der Waals surface area contributed by atoms with Gasteiger partial charge in [0.15, 0.2) is 0 Å². The van der Waals surface area contributed by atoms with Crippen molar-refractivity contribution in [3.05, 3.63) is 35.5 Å². The largest absolute Gasteiger partial charge is 0.397 e. The molecule has 16 heavy (non-hydrogen) atoms. The van der Waals surface area contributed by atoms with Gasteiger partial charge in [0.25, 0.3) is 0 Å². The van der Waals surface area contributed by atoms with E-state index < -0.39 is 0 Å². The van der Waals surface area contributed by atoms with Crippen molar-refractivity contribution < 1.29 is 0 Å². The second-order valence-corrected chi connectivity index (χ2v) is 4.22. The summed E-state index contributed by atoms with van der Waals surface area (Å²) in [6.45, 7) is 0. The highest BCUT2D eigenvalue weighted by Gasteiger charge is 2.12. The molecule has 1 heterocycles. The maximum atomic E-state index is 5.93. The summed E-state index contributed by atoms with van der Waals surface area (Å²) in [4.78, 5) is 4.69. The minimum atomic E-state index is 0. The van der Waals surface area contributed by atoms with E-state index >= 15 is 0 Å². The first kappa shape index (κ1) is 11.2. The Morgan fingerprint density at radius 1 is 1.12 bits per heavy atom. The molecule has 0 amide bonds. The first-order valence-corrected chi connectivity index (χ1v) is 5.51. The van der Waals surface area contributed by atoms with E-state index in [2.05, 4.69) is 12.1 Å². The number of hydrogen-bond donors (Lipinski definition) is 1. The summed E-state index contributed by atoms with van der Waals surface area (Å²) in [6.07, 6.45) is 4.84. The fourth-order valence-electron chi connectivity index (χ4n) is 2.34. The van der Waals surface area contributed by atoms with Crippen molar-refractivity contribution in [1.29, 1.82) is 0 Å². The topological polar surface area (TPSA) is 38.9 Å². The zero-order valence-corrected chi connectivity index (χ0v) is 9.89. The quantitative estimate of drug-likeness (QED) is 0.712. The van der Waals surface area contributed by atoms with Crippen molar-refractivity contribution in [2.75, 3.05) is 5.73 Å². The maximum absolute atomic E-state index is 5.93. The number of para-hydroxylation sites is 1. The number of nitrogens with zero attached hydrogens (tertiary/aromatic N) is 1. The van der Waals surface area contributed by atoms with Gasteiger partial charge in [0.05, 0.1) is 11.2 Å². The number of fused-ring (bicyclic) bond motifs is 2. The van der Waals surface area contributed by atoms with Gasteiger partial charge in [-0.1, -0.05) is 12.1 Å². The molecule has 2 N–H and O–H groups in total. The van der Waals surface area contributed by atoms with Gasteiger partial charge in [-0.15, -0.1) is 12.4 Å². The lowest BCUT2D eigenvalue weighted by Gasteiger charge is -2.15. The molecule has 1 aromatic heterocycles. The minimum absolute atomic E-state index is 0. The minimum Gasteiger partial charge on any atom is -0.397 e. The van der Waals surface area contributed by atoms with Crippen LogP contribution >= 0.6 is 12.4 Å². The molecular weight excluding hydrogens is 220 g/mol. The van der Waals surface area contributed by atoms with Crippen LogP contribution in [0.5, 0.6) is 0 Å². The Bertz CT molecular complexity index is 523. The van der Waals surface area contributed by atoms with Crippen LogP contribution in [0, 0.1) is 0 Å². The number of nitrogen functional groups attached to an aromatic ring is 1. The van der Waals surface area contributed by atoms with Crippen LogP contribution in [0.2, 0.25) is 0 Å². The van der Waals surface area contributed by atoms with Crippen molar-refractivity contribution in [2.45, 2.75) is 25.7 Å². The number of pyridine rings is 1. The molecule has 0 saturated heterocycles. The van der Waals surface area contributed by atoms with Gasteiger partial charge in [-0.2, -0.15) is 0 Å². The Kier molecular flexibility index (Phi) is 3.01. The summed E-state index contributed by atoms with van der Waals surface area (Å²) in [7, 11) is 0. The van der Waals surface area contributed by atoms with E-state index in [1.165, 1.54) is 35.9 Å². The Balaban J connectivity index is 0.000000963. The predicted octanol–water partition coefficient (Wildman–Crippen LogP) is 3.12. The molecule has 0 fully saturated rings. The molecule has 0 aliphatic heterocycles. The molecule has 2 nitrogen and oxygen atoms in total. The molecular formula is C13H15ClN2. The Labute approximate surface area is 101 Å². The van der Waals surface area contributed by atoms with Crippen LogP contribution < -0.4 is 5.73 Å². The summed E-state index contributed by atoms with van der Waals surface area (Å²) in [5.74, 6) is 0. The van der Waals surface area contributed by atoms with E-state index in [1.807, 2.05) is 12.1 Å². The monoisotopic (exact) mass is 234 g/mol. The van der Waals surface area contributed by atoms with Crippen molar-refractivity contribution in [3.63, 3.8) is 0 Å². The maximum Gasteiger partial charge on any atom is 0.0934 e. The van der Waals surface area contributed by atoms with Crippen LogP contribution in [0.4, 0.5) is 5.69 Å². The number of anilines is 1. The number of aromatic nitrogens is 1. The molecule has 1 aliphatic carbocycles. The van der Waals surface area contributed by atoms with Crippen LogP contribution in [-0.4, -0.2) is 4.98 Å². The van der Waals surface area contributed by atoms with Crippen LogP contribution in [0.25, 0.3) is 10.9 Å². The molecule has 3 heteroatoms. The summed E-state index contributed by atoms with van der Waals surface area (Å²) in [5, 5.41) is 1.18. The number of nitrogens with two attached hydrogens (primary N) is 1. The Morgan fingerprint density at radius 2 is 1.94 bits per heavy atom. The van der Waals surface area contributed by atoms with E-state index in [4.69, 9.17) is 10.7 Å². The van der Waals surface area contributed by atoms with Gasteiger partial charge in [0.1, 0.15) is 0 Å². The van der Waals surface area contributed by atoms with Gasteiger partial charge in [0.2, 0.25) is 0 Å². The summed E-state index contributed by atoms with van der Waals surface area (Å²) in [6, 6.07) is 8.26. The van der Waals surface area contributed by atoms with Crippen molar-refractivity contribution in [3.8, 4) is 0 Å². The van der Waals surface area contributed by atoms with Gasteiger partial charge in [-0.25, -0.2) is 0 Å². The third kappa shape index (κ3) is 1.74. The van der Waals surface area contributed by atoms with Crippen LogP contribution in [0.15, 0.2) is 24.3 Å². The van der Waals surface area contributed by atoms with Crippen LogP contribution in [-0.2, 0) is 12.8 Å². The normalized spacial score (nSPS) is 14.2. The highest BCUT2D eigenvalue weighted by atomic mass is 35.5. The molecule has 0 saturated carbocycles. The van der Waals surface area contributed by atoms with Crippen molar-refractivity contribution in [2.24, 2.45) is 0 Å². The number of benzene rings is 1. The van der Waals surface area contributed by atoms with Gasteiger partial charge >= 0.3 is 0 Å². The second kappa shape index (κ2) is 4.30. The van der Waals surface area contributed by atoms with E-state index in [1.54, 1.807) is 0 Å². The highest BCUT2D eigenvalue weighted by molar-refractivity contribution is 5.89. The fourth-order valence-corrected chi connectivity index (χ4v) is 2.34. The Morgan fingerprint density at radius 3 is 2.81 bits per heavy atom. The molecule has 1 aromatic carbocycles. The smallest absolute Gasteiger partial charge is 0.0934 e. The molecule has 2 aromatic rings. The molecule has 0 atom stereocenters. The van der Waals surface area contributed by atoms with Crippen molar-refractivity contribution >= 4 is 29.0 Å². The average Bonchev–Trinajstić information content (AvgIpc) is 2.27. The standard InChI is InChI=1S/C13H14N2.ClH/c14-11-6-3-5-10-8-9-4-1-2-7-12(9)15-13(10)11;/h3,5-6,8H,1-2,4,7,14H2;1H. The first-order valence-electron chi connectivity index (χ1n) is 5.51. The molecule has 0 unspecified atom stereocenters. The number of rotatable bonds is 0. The fraction of sp³-hybridized carbons (Fsp3) is 0.308. The predicted molar refractivity (Wildman–Crippen MR) is 70.0 cm³/mol. The van der Waals surface area contributed by atoms with Crippen LogP contribution in [0.1, 0.15) is 24.1 Å². The van der Waals surface area contributed by atoms with Gasteiger partial charge in [0, 0.05) is 11.1 Å². The number of aryl methyl sites for hydroxylation is 2. The van der Waals surface area contributed by atoms with E-state index in [-0.39, 0.29) is 12.4 Å². The molecule has 0 bridgehead atoms. The lowest BCUT2D eigenvalue weighted by atomic mass is 9.94. The third-order valence-electron chi connectivity index (χ3n) is 3.16. The molecule has 0 radical (unpaired) electrons. The van der Waals surface area contributed by atoms with E-state index in [9.17, 15) is 0 Å². The third-order valence-corrected chi connectivity index (χ3v) is 3.16. The lowest BCUT2D eigenvalue weighted by molar-refractivity contribution is 0.671. The Hall–Kier alpha value is -1.28. The second-order valence-electron chi connectivity index (χ2n) is 4.22. The molecule has 3 rings (SSSR count). The zero-order valence-electron chi connectivity index (χ0n) is 9.07. The molecule has 84 valence electrons. The summed E-state index contributed by atoms with van der Waals surface area (Å²) in [5.41, 5.74) is 10.4. The van der Waals surface area contributed by atoms with Gasteiger partial charge in [-0.05, 0) is 43.4 Å². The van der Waals surface area contributed by atoms with Gasteiger partial charge < -0.3 is 5.73 Å². The van der Waals surface area contributed by atoms with E-state index in [0.717, 1.165) is 17.6 Å².